The molecule has 0 radical (unpaired) electrons. The Kier molecular flexibility index (Phi) is 4.33. The van der Waals surface area contributed by atoms with E-state index in [4.69, 9.17) is 9.47 Å². The second kappa shape index (κ2) is 6.95. The topological polar surface area (TPSA) is 85.4 Å². The molecule has 2 N–H and O–H groups in total. The van der Waals surface area contributed by atoms with E-state index in [0.717, 1.165) is 11.3 Å². The summed E-state index contributed by atoms with van der Waals surface area (Å²) in [6, 6.07) is 14.7. The molecule has 1 aromatic heterocycles. The first-order valence-corrected chi connectivity index (χ1v) is 8.47. The minimum Gasteiger partial charge on any atom is -0.454 e. The van der Waals surface area contributed by atoms with E-state index < -0.39 is 0 Å². The molecule has 1 aliphatic heterocycles. The van der Waals surface area contributed by atoms with Crippen LogP contribution in [0, 0.1) is 13.8 Å². The lowest BCUT2D eigenvalue weighted by Crippen LogP contribution is -2.15. The van der Waals surface area contributed by atoms with Crippen LogP contribution in [-0.4, -0.2) is 22.7 Å². The average Bonchev–Trinajstić information content (AvgIpc) is 3.11. The van der Waals surface area contributed by atoms with Crippen LogP contribution in [-0.2, 0) is 0 Å². The normalized spacial score (nSPS) is 11.9. The third kappa shape index (κ3) is 3.82. The summed E-state index contributed by atoms with van der Waals surface area (Å²) in [6.07, 6.45) is 0. The number of nitrogens with zero attached hydrogens (tertiary/aromatic N) is 2. The molecule has 2 aromatic carbocycles. The summed E-state index contributed by atoms with van der Waals surface area (Å²) in [5.41, 5.74) is 2.90. The van der Waals surface area contributed by atoms with Gasteiger partial charge in [-0.15, -0.1) is 0 Å². The van der Waals surface area contributed by atoms with Crippen molar-refractivity contribution in [1.29, 1.82) is 0 Å². The number of nitrogens with one attached hydrogen (secondary N) is 2. The van der Waals surface area contributed by atoms with E-state index in [9.17, 15) is 4.79 Å². The number of aryl methyl sites for hydroxylation is 2. The molecule has 1 amide bonds. The highest BCUT2D eigenvalue weighted by molar-refractivity contribution is 6.03. The van der Waals surface area contributed by atoms with Gasteiger partial charge in [0, 0.05) is 23.5 Å². The standard InChI is InChI=1S/C20H18N4O3/c1-12-3-5-14(6-4-12)24-20(25)16-10-19(22-13(2)21-16)23-15-7-8-17-18(9-15)27-11-26-17/h3-10H,11H2,1-2H3,(H,24,25)(H,21,22,23). The first-order valence-electron chi connectivity index (χ1n) is 8.47. The van der Waals surface area contributed by atoms with E-state index in [1.54, 1.807) is 13.0 Å². The Balaban J connectivity index is 1.54. The van der Waals surface area contributed by atoms with Gasteiger partial charge in [0.1, 0.15) is 17.3 Å². The van der Waals surface area contributed by atoms with Crippen LogP contribution in [0.5, 0.6) is 11.5 Å². The second-order valence-corrected chi connectivity index (χ2v) is 6.20. The minimum absolute atomic E-state index is 0.217. The maximum absolute atomic E-state index is 12.5. The van der Waals surface area contributed by atoms with Crippen molar-refractivity contribution in [2.45, 2.75) is 13.8 Å². The predicted octanol–water partition coefficient (Wildman–Crippen LogP) is 3.82. The van der Waals surface area contributed by atoms with E-state index in [1.165, 1.54) is 0 Å². The minimum atomic E-state index is -0.293. The van der Waals surface area contributed by atoms with Crippen molar-refractivity contribution in [3.63, 3.8) is 0 Å². The van der Waals surface area contributed by atoms with Gasteiger partial charge in [-0.25, -0.2) is 9.97 Å². The number of aromatic nitrogens is 2. The second-order valence-electron chi connectivity index (χ2n) is 6.20. The van der Waals surface area contributed by atoms with Crippen LogP contribution in [0.1, 0.15) is 21.9 Å². The molecule has 4 rings (SSSR count). The number of ether oxygens (including phenoxy) is 2. The third-order valence-corrected chi connectivity index (χ3v) is 4.02. The molecule has 0 atom stereocenters. The quantitative estimate of drug-likeness (QED) is 0.734. The predicted molar refractivity (Wildman–Crippen MR) is 102 cm³/mol. The number of fused-ring (bicyclic) bond motifs is 1. The van der Waals surface area contributed by atoms with E-state index >= 15 is 0 Å². The summed E-state index contributed by atoms with van der Waals surface area (Å²) in [5.74, 6) is 2.10. The summed E-state index contributed by atoms with van der Waals surface area (Å²) in [4.78, 5) is 21.1. The molecule has 27 heavy (non-hydrogen) atoms. The molecule has 0 saturated heterocycles. The largest absolute Gasteiger partial charge is 0.454 e. The van der Waals surface area contributed by atoms with Crippen molar-refractivity contribution in [3.05, 3.63) is 65.6 Å². The molecule has 7 heteroatoms. The zero-order chi connectivity index (χ0) is 18.8. The lowest BCUT2D eigenvalue weighted by Gasteiger charge is -2.10. The van der Waals surface area contributed by atoms with E-state index in [2.05, 4.69) is 20.6 Å². The van der Waals surface area contributed by atoms with Gasteiger partial charge in [-0.2, -0.15) is 0 Å². The molecule has 0 aliphatic carbocycles. The van der Waals surface area contributed by atoms with Crippen LogP contribution in [0.15, 0.2) is 48.5 Å². The van der Waals surface area contributed by atoms with Gasteiger partial charge < -0.3 is 20.1 Å². The molecule has 7 nitrogen and oxygen atoms in total. The van der Waals surface area contributed by atoms with Crippen molar-refractivity contribution < 1.29 is 14.3 Å². The molecular formula is C20H18N4O3. The summed E-state index contributed by atoms with van der Waals surface area (Å²) in [6.45, 7) is 3.95. The highest BCUT2D eigenvalue weighted by atomic mass is 16.7. The average molecular weight is 362 g/mol. The Bertz CT molecular complexity index is 1000. The van der Waals surface area contributed by atoms with Gasteiger partial charge in [0.2, 0.25) is 6.79 Å². The summed E-state index contributed by atoms with van der Waals surface area (Å²) < 4.78 is 10.7. The fourth-order valence-corrected chi connectivity index (χ4v) is 2.70. The number of rotatable bonds is 4. The van der Waals surface area contributed by atoms with Gasteiger partial charge in [-0.1, -0.05) is 17.7 Å². The van der Waals surface area contributed by atoms with Crippen molar-refractivity contribution >= 4 is 23.1 Å². The Hall–Kier alpha value is -3.61. The van der Waals surface area contributed by atoms with Crippen molar-refractivity contribution in [1.82, 2.24) is 9.97 Å². The van der Waals surface area contributed by atoms with Crippen LogP contribution < -0.4 is 20.1 Å². The number of benzene rings is 2. The SMILES string of the molecule is Cc1ccc(NC(=O)c2cc(Nc3ccc4c(c3)OCO4)nc(C)n2)cc1. The monoisotopic (exact) mass is 362 g/mol. The van der Waals surface area contributed by atoms with Gasteiger partial charge in [-0.3, -0.25) is 4.79 Å². The molecule has 0 unspecified atom stereocenters. The van der Waals surface area contributed by atoms with Gasteiger partial charge in [-0.05, 0) is 38.1 Å². The summed E-state index contributed by atoms with van der Waals surface area (Å²) >= 11 is 0. The van der Waals surface area contributed by atoms with Crippen molar-refractivity contribution in [3.8, 4) is 11.5 Å². The lowest BCUT2D eigenvalue weighted by molar-refractivity contribution is 0.102. The molecule has 2 heterocycles. The van der Waals surface area contributed by atoms with Gasteiger partial charge >= 0.3 is 0 Å². The molecular weight excluding hydrogens is 344 g/mol. The zero-order valence-corrected chi connectivity index (χ0v) is 14.9. The van der Waals surface area contributed by atoms with Gasteiger partial charge in [0.05, 0.1) is 0 Å². The summed E-state index contributed by atoms with van der Waals surface area (Å²) in [7, 11) is 0. The smallest absolute Gasteiger partial charge is 0.274 e. The number of anilines is 3. The highest BCUT2D eigenvalue weighted by Crippen LogP contribution is 2.34. The number of hydrogen-bond donors (Lipinski definition) is 2. The number of amides is 1. The Morgan fingerprint density at radius 2 is 1.67 bits per heavy atom. The van der Waals surface area contributed by atoms with Crippen LogP contribution in [0.3, 0.4) is 0 Å². The first kappa shape index (κ1) is 16.8. The first-order chi connectivity index (χ1) is 13.1. The van der Waals surface area contributed by atoms with Crippen molar-refractivity contribution in [2.24, 2.45) is 0 Å². The molecule has 0 spiro atoms. The van der Waals surface area contributed by atoms with E-state index in [0.29, 0.717) is 28.8 Å². The molecule has 0 bridgehead atoms. The molecule has 136 valence electrons. The molecule has 1 aliphatic rings. The molecule has 3 aromatic rings. The Morgan fingerprint density at radius 3 is 2.48 bits per heavy atom. The van der Waals surface area contributed by atoms with E-state index in [-0.39, 0.29) is 18.4 Å². The Morgan fingerprint density at radius 1 is 0.926 bits per heavy atom. The highest BCUT2D eigenvalue weighted by Gasteiger charge is 2.15. The van der Waals surface area contributed by atoms with Crippen LogP contribution in [0.25, 0.3) is 0 Å². The molecule has 0 saturated carbocycles. The van der Waals surface area contributed by atoms with Gasteiger partial charge in [0.25, 0.3) is 5.91 Å². The lowest BCUT2D eigenvalue weighted by atomic mass is 10.2. The number of hydrogen-bond acceptors (Lipinski definition) is 6. The fourth-order valence-electron chi connectivity index (χ4n) is 2.70. The molecule has 0 fully saturated rings. The third-order valence-electron chi connectivity index (χ3n) is 4.02. The van der Waals surface area contributed by atoms with Crippen LogP contribution in [0.2, 0.25) is 0 Å². The number of carbonyl (C=O) groups excluding carboxylic acids is 1. The van der Waals surface area contributed by atoms with Gasteiger partial charge in [0.15, 0.2) is 11.5 Å². The fraction of sp³-hybridized carbons (Fsp3) is 0.150. The van der Waals surface area contributed by atoms with Crippen LogP contribution >= 0.6 is 0 Å². The van der Waals surface area contributed by atoms with Crippen LogP contribution in [0.4, 0.5) is 17.2 Å². The maximum Gasteiger partial charge on any atom is 0.274 e. The van der Waals surface area contributed by atoms with E-state index in [1.807, 2.05) is 49.4 Å². The number of carbonyl (C=O) groups is 1. The maximum atomic E-state index is 12.5. The van der Waals surface area contributed by atoms with Crippen molar-refractivity contribution in [2.75, 3.05) is 17.4 Å². The summed E-state index contributed by atoms with van der Waals surface area (Å²) in [5, 5.41) is 6.02. The Labute approximate surface area is 156 Å². The zero-order valence-electron chi connectivity index (χ0n) is 14.9.